The topological polar surface area (TPSA) is 74.7 Å². The van der Waals surface area contributed by atoms with Crippen LogP contribution in [-0.4, -0.2) is 20.1 Å². The molecule has 5 rings (SSSR count). The van der Waals surface area contributed by atoms with Crippen LogP contribution in [0.2, 0.25) is 0 Å². The lowest BCUT2D eigenvalue weighted by molar-refractivity contribution is -0.137. The predicted molar refractivity (Wildman–Crippen MR) is 131 cm³/mol. The minimum absolute atomic E-state index is 0.0711. The van der Waals surface area contributed by atoms with Crippen molar-refractivity contribution >= 4 is 0 Å². The molecule has 0 saturated carbocycles. The summed E-state index contributed by atoms with van der Waals surface area (Å²) in [7, 11) is 0. The number of halogens is 3. The van der Waals surface area contributed by atoms with Gasteiger partial charge in [0.15, 0.2) is 11.2 Å². The normalized spacial score (nSPS) is 11.7. The van der Waals surface area contributed by atoms with Crippen molar-refractivity contribution < 1.29 is 18.3 Å². The number of rotatable bonds is 5. The van der Waals surface area contributed by atoms with Crippen LogP contribution < -0.4 is 0 Å². The average molecular weight is 496 g/mol. The summed E-state index contributed by atoms with van der Waals surface area (Å²) in [6.07, 6.45) is -4.70. The Bertz CT molecular complexity index is 1480. The van der Waals surface area contributed by atoms with Crippen LogP contribution in [0, 0.1) is 11.3 Å². The average Bonchev–Trinajstić information content (AvgIpc) is 3.35. The number of hydrogen-bond donors (Lipinski definition) is 1. The van der Waals surface area contributed by atoms with Crippen LogP contribution in [-0.2, 0) is 11.7 Å². The summed E-state index contributed by atoms with van der Waals surface area (Å²) in [4.78, 5) is 1.37. The minimum atomic E-state index is -4.70. The zero-order valence-electron chi connectivity index (χ0n) is 19.3. The van der Waals surface area contributed by atoms with Crippen LogP contribution in [0.1, 0.15) is 27.9 Å². The number of nitriles is 1. The van der Waals surface area contributed by atoms with E-state index in [0.29, 0.717) is 6.07 Å². The number of alkyl halides is 3. The van der Waals surface area contributed by atoms with Gasteiger partial charge in [-0.15, -0.1) is 5.10 Å². The molecule has 0 aliphatic heterocycles. The summed E-state index contributed by atoms with van der Waals surface area (Å²) in [5.74, 6) is -0.594. The van der Waals surface area contributed by atoms with E-state index in [-0.39, 0.29) is 17.0 Å². The zero-order chi connectivity index (χ0) is 26.0. The summed E-state index contributed by atoms with van der Waals surface area (Å²) in [5.41, 5.74) is -0.181. The Kier molecular flexibility index (Phi) is 5.98. The lowest BCUT2D eigenvalue weighted by atomic mass is 9.77. The van der Waals surface area contributed by atoms with Crippen molar-refractivity contribution in [2.24, 2.45) is 0 Å². The second kappa shape index (κ2) is 9.28. The van der Waals surface area contributed by atoms with Crippen molar-refractivity contribution in [1.29, 1.82) is 5.26 Å². The third-order valence-corrected chi connectivity index (χ3v) is 6.11. The molecule has 37 heavy (non-hydrogen) atoms. The summed E-state index contributed by atoms with van der Waals surface area (Å²) in [6.45, 7) is 0. The number of aromatic hydroxyl groups is 1. The quantitative estimate of drug-likeness (QED) is 0.287. The van der Waals surface area contributed by atoms with Crippen molar-refractivity contribution in [3.05, 3.63) is 137 Å². The number of phenolic OH excluding ortho intramolecular Hbond substituents is 1. The van der Waals surface area contributed by atoms with Crippen LogP contribution in [0.25, 0.3) is 11.3 Å². The second-order valence-corrected chi connectivity index (χ2v) is 8.37. The van der Waals surface area contributed by atoms with Crippen LogP contribution >= 0.6 is 0 Å². The molecule has 0 aliphatic carbocycles. The molecule has 5 nitrogen and oxygen atoms in total. The zero-order valence-corrected chi connectivity index (χ0v) is 19.3. The van der Waals surface area contributed by atoms with E-state index >= 15 is 0 Å². The first-order chi connectivity index (χ1) is 17.8. The molecule has 4 aromatic carbocycles. The summed E-state index contributed by atoms with van der Waals surface area (Å²) in [6, 6.07) is 32.9. The van der Waals surface area contributed by atoms with Gasteiger partial charge in [0.2, 0.25) is 0 Å². The van der Waals surface area contributed by atoms with Gasteiger partial charge in [-0.3, -0.25) is 0 Å². The van der Waals surface area contributed by atoms with Gasteiger partial charge in [0.05, 0.1) is 5.56 Å². The third kappa shape index (κ3) is 4.21. The summed E-state index contributed by atoms with van der Waals surface area (Å²) < 4.78 is 40.5. The highest BCUT2D eigenvalue weighted by molar-refractivity contribution is 5.67. The van der Waals surface area contributed by atoms with E-state index in [1.807, 2.05) is 97.1 Å². The van der Waals surface area contributed by atoms with Gasteiger partial charge >= 0.3 is 6.18 Å². The molecular formula is C29H19F3N4O. The van der Waals surface area contributed by atoms with Crippen molar-refractivity contribution in [2.45, 2.75) is 11.7 Å². The molecular weight excluding hydrogens is 477 g/mol. The molecule has 0 spiro atoms. The fourth-order valence-electron chi connectivity index (χ4n) is 4.52. The van der Waals surface area contributed by atoms with Crippen LogP contribution in [0.15, 0.2) is 109 Å². The van der Waals surface area contributed by atoms with Crippen molar-refractivity contribution in [2.75, 3.05) is 0 Å². The minimum Gasteiger partial charge on any atom is -0.508 e. The SMILES string of the molecule is N#Cc1nn(C(c2ccccc2)(c2ccccc2)c2ccccc2)nc1-c1cc(O)cc(C(F)(F)F)c1. The highest BCUT2D eigenvalue weighted by atomic mass is 19.4. The Morgan fingerprint density at radius 1 is 0.676 bits per heavy atom. The lowest BCUT2D eigenvalue weighted by Crippen LogP contribution is -2.39. The van der Waals surface area contributed by atoms with Crippen molar-refractivity contribution in [3.8, 4) is 23.1 Å². The van der Waals surface area contributed by atoms with Crippen LogP contribution in [0.4, 0.5) is 13.2 Å². The van der Waals surface area contributed by atoms with E-state index in [0.717, 1.165) is 28.8 Å². The number of hydrogen-bond acceptors (Lipinski definition) is 4. The second-order valence-electron chi connectivity index (χ2n) is 8.37. The summed E-state index contributed by atoms with van der Waals surface area (Å²) in [5, 5.41) is 29.1. The van der Waals surface area contributed by atoms with E-state index < -0.39 is 23.0 Å². The third-order valence-electron chi connectivity index (χ3n) is 6.11. The van der Waals surface area contributed by atoms with Crippen LogP contribution in [0.3, 0.4) is 0 Å². The Balaban J connectivity index is 1.85. The molecule has 0 saturated heterocycles. The summed E-state index contributed by atoms with van der Waals surface area (Å²) >= 11 is 0. The van der Waals surface area contributed by atoms with E-state index in [9.17, 15) is 23.5 Å². The molecule has 0 amide bonds. The van der Waals surface area contributed by atoms with Crippen molar-refractivity contribution in [3.63, 3.8) is 0 Å². The van der Waals surface area contributed by atoms with E-state index in [1.54, 1.807) is 0 Å². The van der Waals surface area contributed by atoms with Crippen molar-refractivity contribution in [1.82, 2.24) is 15.0 Å². The molecule has 1 heterocycles. The smallest absolute Gasteiger partial charge is 0.416 e. The molecule has 0 fully saturated rings. The maximum atomic E-state index is 13.5. The number of benzene rings is 4. The standard InChI is InChI=1S/C29H19F3N4O/c30-29(31,32)24-16-20(17-25(37)18-24)27-26(19-33)34-36(35-27)28(21-10-4-1-5-11-21,22-12-6-2-7-13-22)23-14-8-3-9-15-23/h1-18,37H. The molecule has 0 bridgehead atoms. The first-order valence-corrected chi connectivity index (χ1v) is 11.3. The lowest BCUT2D eigenvalue weighted by Gasteiger charge is -2.34. The highest BCUT2D eigenvalue weighted by Gasteiger charge is 2.41. The monoisotopic (exact) mass is 496 g/mol. The van der Waals surface area contributed by atoms with Gasteiger partial charge < -0.3 is 5.11 Å². The Morgan fingerprint density at radius 2 is 1.16 bits per heavy atom. The maximum absolute atomic E-state index is 13.5. The van der Waals surface area contributed by atoms with Gasteiger partial charge in [-0.1, -0.05) is 91.0 Å². The molecule has 1 aromatic heterocycles. The molecule has 5 aromatic rings. The van der Waals surface area contributed by atoms with Gasteiger partial charge in [-0.25, -0.2) is 0 Å². The van der Waals surface area contributed by atoms with Gasteiger partial charge in [0, 0.05) is 5.56 Å². The van der Waals surface area contributed by atoms with Crippen LogP contribution in [0.5, 0.6) is 5.75 Å². The van der Waals surface area contributed by atoms with E-state index in [1.165, 1.54) is 4.80 Å². The molecule has 0 aliphatic rings. The molecule has 0 unspecified atom stereocenters. The van der Waals surface area contributed by atoms with Gasteiger partial charge in [-0.2, -0.15) is 28.3 Å². The van der Waals surface area contributed by atoms with Gasteiger partial charge in [-0.05, 0) is 34.9 Å². The van der Waals surface area contributed by atoms with Gasteiger partial charge in [0.25, 0.3) is 0 Å². The fourth-order valence-corrected chi connectivity index (χ4v) is 4.52. The number of nitrogens with zero attached hydrogens (tertiary/aromatic N) is 4. The number of aromatic nitrogens is 3. The molecule has 0 radical (unpaired) electrons. The molecule has 8 heteroatoms. The predicted octanol–water partition coefficient (Wildman–Crippen LogP) is 6.38. The maximum Gasteiger partial charge on any atom is 0.416 e. The largest absolute Gasteiger partial charge is 0.508 e. The molecule has 182 valence electrons. The highest BCUT2D eigenvalue weighted by Crippen LogP contribution is 2.41. The number of phenols is 1. The van der Waals surface area contributed by atoms with E-state index in [4.69, 9.17) is 0 Å². The Labute approximate surface area is 210 Å². The molecule has 1 N–H and O–H groups in total. The first kappa shape index (κ1) is 23.8. The Morgan fingerprint density at radius 3 is 1.59 bits per heavy atom. The first-order valence-electron chi connectivity index (χ1n) is 11.3. The van der Waals surface area contributed by atoms with Gasteiger partial charge in [0.1, 0.15) is 17.5 Å². The molecule has 0 atom stereocenters. The van der Waals surface area contributed by atoms with E-state index in [2.05, 4.69) is 10.2 Å². The Hall–Kier alpha value is -4.90. The fraction of sp³-hybridized carbons (Fsp3) is 0.0690.